The molecule has 10 nitrogen and oxygen atoms in total. The normalized spacial score (nSPS) is 12.0. The van der Waals surface area contributed by atoms with Crippen molar-refractivity contribution in [1.29, 1.82) is 0 Å². The summed E-state index contributed by atoms with van der Waals surface area (Å²) < 4.78 is 1.43. The fourth-order valence-corrected chi connectivity index (χ4v) is 3.16. The second-order valence-corrected chi connectivity index (χ2v) is 7.07. The van der Waals surface area contributed by atoms with Gasteiger partial charge in [-0.1, -0.05) is 42.5 Å². The number of benzene rings is 2. The minimum Gasteiger partial charge on any atom is -0.480 e. The Balaban J connectivity index is 1.43. The van der Waals surface area contributed by atoms with Crippen molar-refractivity contribution in [3.8, 4) is 11.5 Å². The summed E-state index contributed by atoms with van der Waals surface area (Å²) in [5, 5.41) is 18.8. The first-order chi connectivity index (χ1) is 15.0. The first-order valence-electron chi connectivity index (χ1n) is 9.73. The summed E-state index contributed by atoms with van der Waals surface area (Å²) >= 11 is 0. The van der Waals surface area contributed by atoms with E-state index in [9.17, 15) is 4.79 Å². The van der Waals surface area contributed by atoms with Crippen molar-refractivity contribution in [2.45, 2.75) is 19.0 Å². The Kier molecular flexibility index (Phi) is 5.72. The van der Waals surface area contributed by atoms with Crippen LogP contribution in [-0.4, -0.2) is 48.4 Å². The van der Waals surface area contributed by atoms with Gasteiger partial charge >= 0.3 is 5.97 Å². The smallest absolute Gasteiger partial charge is 0.322 e. The average molecular weight is 418 g/mol. The van der Waals surface area contributed by atoms with Crippen LogP contribution in [0.5, 0.6) is 0 Å². The van der Waals surface area contributed by atoms with E-state index in [0.29, 0.717) is 24.0 Å². The number of carboxylic acid groups (broad SMARTS) is 1. The van der Waals surface area contributed by atoms with Gasteiger partial charge in [-0.15, -0.1) is 0 Å². The van der Waals surface area contributed by atoms with Gasteiger partial charge in [-0.3, -0.25) is 9.48 Å². The Morgan fingerprint density at radius 3 is 2.71 bits per heavy atom. The molecule has 0 saturated heterocycles. The van der Waals surface area contributed by atoms with Gasteiger partial charge in [0.25, 0.3) is 0 Å². The number of hydrogen-bond donors (Lipinski definition) is 4. The van der Waals surface area contributed by atoms with Crippen LogP contribution >= 0.6 is 0 Å². The third kappa shape index (κ3) is 4.93. The van der Waals surface area contributed by atoms with Crippen LogP contribution in [0, 0.1) is 0 Å². The molecule has 158 valence electrons. The van der Waals surface area contributed by atoms with Crippen LogP contribution in [0.15, 0.2) is 54.7 Å². The minimum atomic E-state index is -1.10. The van der Waals surface area contributed by atoms with Crippen molar-refractivity contribution in [2.75, 3.05) is 17.6 Å². The molecule has 0 saturated carbocycles. The zero-order valence-corrected chi connectivity index (χ0v) is 16.6. The SMILES string of the molecule is Nc1nc(NCCc2ccc3ccccc3c2)nc(-c2ccn(CC(N)C(=O)O)n2)n1. The zero-order valence-electron chi connectivity index (χ0n) is 16.6. The Labute approximate surface area is 178 Å². The molecule has 6 N–H and O–H groups in total. The lowest BCUT2D eigenvalue weighted by molar-refractivity contribution is -0.138. The highest BCUT2D eigenvalue weighted by Gasteiger charge is 2.15. The molecule has 1 atom stereocenters. The van der Waals surface area contributed by atoms with Gasteiger partial charge in [0.05, 0.1) is 6.54 Å². The number of nitrogen functional groups attached to an aromatic ring is 1. The molecular weight excluding hydrogens is 396 g/mol. The van der Waals surface area contributed by atoms with Crippen molar-refractivity contribution < 1.29 is 9.90 Å². The van der Waals surface area contributed by atoms with Crippen LogP contribution in [0.4, 0.5) is 11.9 Å². The quantitative estimate of drug-likeness (QED) is 0.333. The van der Waals surface area contributed by atoms with Crippen LogP contribution in [-0.2, 0) is 17.8 Å². The number of nitrogens with zero attached hydrogens (tertiary/aromatic N) is 5. The van der Waals surface area contributed by atoms with Crippen LogP contribution in [0.3, 0.4) is 0 Å². The lowest BCUT2D eigenvalue weighted by atomic mass is 10.1. The highest BCUT2D eigenvalue weighted by Crippen LogP contribution is 2.17. The standard InChI is InChI=1S/C21H22N8O2/c22-16(19(30)31)12-29-10-8-17(28-29)18-25-20(23)27-21(26-18)24-9-7-13-5-6-14-3-1-2-4-15(14)11-13/h1-6,8,10-11,16H,7,9,12,22H2,(H,30,31)(H3,23,24,25,26,27). The molecule has 0 radical (unpaired) electrons. The van der Waals surface area contributed by atoms with Gasteiger partial charge in [-0.2, -0.15) is 20.1 Å². The van der Waals surface area contributed by atoms with Crippen molar-refractivity contribution in [2.24, 2.45) is 5.73 Å². The van der Waals surface area contributed by atoms with Crippen molar-refractivity contribution in [3.05, 3.63) is 60.3 Å². The van der Waals surface area contributed by atoms with Gasteiger partial charge in [-0.25, -0.2) is 0 Å². The molecule has 4 rings (SSSR count). The van der Waals surface area contributed by atoms with Crippen LogP contribution < -0.4 is 16.8 Å². The number of carboxylic acids is 1. The van der Waals surface area contributed by atoms with Crippen molar-refractivity contribution in [1.82, 2.24) is 24.7 Å². The molecule has 0 amide bonds. The minimum absolute atomic E-state index is 0.0345. The first-order valence-corrected chi connectivity index (χ1v) is 9.73. The first kappa shape index (κ1) is 20.2. The predicted octanol–water partition coefficient (Wildman–Crippen LogP) is 1.54. The second kappa shape index (κ2) is 8.76. The van der Waals surface area contributed by atoms with Gasteiger partial charge in [-0.05, 0) is 28.8 Å². The Morgan fingerprint density at radius 2 is 1.90 bits per heavy atom. The summed E-state index contributed by atoms with van der Waals surface area (Å²) in [6.07, 6.45) is 2.40. The number of carbonyl (C=O) groups is 1. The van der Waals surface area contributed by atoms with E-state index in [1.165, 1.54) is 21.0 Å². The maximum absolute atomic E-state index is 10.9. The molecule has 10 heteroatoms. The Hall–Kier alpha value is -4.05. The molecule has 0 aliphatic rings. The topological polar surface area (TPSA) is 158 Å². The molecule has 0 bridgehead atoms. The number of fused-ring (bicyclic) bond motifs is 1. The highest BCUT2D eigenvalue weighted by atomic mass is 16.4. The maximum atomic E-state index is 10.9. The summed E-state index contributed by atoms with van der Waals surface area (Å²) in [5.74, 6) is -0.391. The largest absolute Gasteiger partial charge is 0.480 e. The number of nitrogens with two attached hydrogens (primary N) is 2. The third-order valence-electron chi connectivity index (χ3n) is 4.73. The summed E-state index contributed by atoms with van der Waals surface area (Å²) in [5.41, 5.74) is 13.0. The number of rotatable bonds is 8. The lowest BCUT2D eigenvalue weighted by Gasteiger charge is -2.08. The molecule has 31 heavy (non-hydrogen) atoms. The average Bonchev–Trinajstić information content (AvgIpc) is 3.22. The Bertz CT molecular complexity index is 1220. The number of aromatic nitrogens is 5. The number of hydrogen-bond acceptors (Lipinski definition) is 8. The zero-order chi connectivity index (χ0) is 21.8. The third-order valence-corrected chi connectivity index (χ3v) is 4.73. The van der Waals surface area contributed by atoms with E-state index in [1.54, 1.807) is 12.3 Å². The lowest BCUT2D eigenvalue weighted by Crippen LogP contribution is -2.34. The molecule has 2 aromatic carbocycles. The molecule has 0 aliphatic carbocycles. The monoisotopic (exact) mass is 418 g/mol. The van der Waals surface area contributed by atoms with Gasteiger partial charge in [0.1, 0.15) is 11.7 Å². The van der Waals surface area contributed by atoms with Gasteiger partial charge < -0.3 is 21.9 Å². The molecule has 0 spiro atoms. The second-order valence-electron chi connectivity index (χ2n) is 7.07. The fourth-order valence-electron chi connectivity index (χ4n) is 3.16. The number of aliphatic carboxylic acids is 1. The highest BCUT2D eigenvalue weighted by molar-refractivity contribution is 5.83. The molecule has 4 aromatic rings. The van der Waals surface area contributed by atoms with Gasteiger partial charge in [0, 0.05) is 12.7 Å². The number of anilines is 2. The molecular formula is C21H22N8O2. The molecule has 2 aromatic heterocycles. The van der Waals surface area contributed by atoms with Crippen molar-refractivity contribution >= 4 is 28.6 Å². The summed E-state index contributed by atoms with van der Waals surface area (Å²) in [7, 11) is 0. The van der Waals surface area contributed by atoms with E-state index in [1.807, 2.05) is 12.1 Å². The van der Waals surface area contributed by atoms with Crippen LogP contribution in [0.2, 0.25) is 0 Å². The van der Waals surface area contributed by atoms with Gasteiger partial charge in [0.2, 0.25) is 11.9 Å². The van der Waals surface area contributed by atoms with E-state index in [2.05, 4.69) is 55.7 Å². The van der Waals surface area contributed by atoms with Crippen molar-refractivity contribution in [3.63, 3.8) is 0 Å². The summed E-state index contributed by atoms with van der Waals surface area (Å²) in [6, 6.07) is 15.2. The molecule has 0 fully saturated rings. The predicted molar refractivity (Wildman–Crippen MR) is 117 cm³/mol. The van der Waals surface area contributed by atoms with Crippen LogP contribution in [0.25, 0.3) is 22.3 Å². The van der Waals surface area contributed by atoms with Gasteiger partial charge in [0.15, 0.2) is 5.82 Å². The summed E-state index contributed by atoms with van der Waals surface area (Å²) in [6.45, 7) is 0.649. The summed E-state index contributed by atoms with van der Waals surface area (Å²) in [4.78, 5) is 23.5. The van der Waals surface area contributed by atoms with E-state index < -0.39 is 12.0 Å². The van der Waals surface area contributed by atoms with E-state index >= 15 is 0 Å². The van der Waals surface area contributed by atoms with E-state index in [-0.39, 0.29) is 12.5 Å². The molecule has 2 heterocycles. The molecule has 0 aliphatic heterocycles. The van der Waals surface area contributed by atoms with E-state index in [0.717, 1.165) is 6.42 Å². The van der Waals surface area contributed by atoms with E-state index in [4.69, 9.17) is 16.6 Å². The fraction of sp³-hybridized carbons (Fsp3) is 0.190. The van der Waals surface area contributed by atoms with Crippen LogP contribution in [0.1, 0.15) is 5.56 Å². The Morgan fingerprint density at radius 1 is 1.10 bits per heavy atom. The molecule has 1 unspecified atom stereocenters. The number of nitrogens with one attached hydrogen (secondary N) is 1. The maximum Gasteiger partial charge on any atom is 0.322 e.